The molecule has 0 radical (unpaired) electrons. The third kappa shape index (κ3) is 4.43. The first-order valence-corrected chi connectivity index (χ1v) is 10.8. The fraction of sp³-hybridized carbons (Fsp3) is 0.0357. The molecule has 33 heavy (non-hydrogen) atoms. The number of para-hydroxylation sites is 1. The smallest absolute Gasteiger partial charge is 0.291 e. The molecular formula is C28H22N4O. The molecule has 160 valence electrons. The van der Waals surface area contributed by atoms with Gasteiger partial charge in [-0.15, -0.1) is 5.10 Å². The van der Waals surface area contributed by atoms with Gasteiger partial charge in [0.2, 0.25) is 5.82 Å². The number of carbonyl (C=O) groups is 1. The van der Waals surface area contributed by atoms with Gasteiger partial charge in [0.05, 0.1) is 11.7 Å². The summed E-state index contributed by atoms with van der Waals surface area (Å²) < 4.78 is 1.71. The molecule has 0 atom stereocenters. The van der Waals surface area contributed by atoms with E-state index in [9.17, 15) is 4.79 Å². The highest BCUT2D eigenvalue weighted by atomic mass is 16.2. The van der Waals surface area contributed by atoms with Crippen molar-refractivity contribution in [3.63, 3.8) is 0 Å². The van der Waals surface area contributed by atoms with Crippen molar-refractivity contribution >= 4 is 5.91 Å². The molecule has 1 heterocycles. The van der Waals surface area contributed by atoms with Crippen molar-refractivity contribution < 1.29 is 4.79 Å². The Morgan fingerprint density at radius 1 is 0.667 bits per heavy atom. The van der Waals surface area contributed by atoms with Gasteiger partial charge in [0.1, 0.15) is 0 Å². The van der Waals surface area contributed by atoms with Crippen molar-refractivity contribution in [1.29, 1.82) is 0 Å². The van der Waals surface area contributed by atoms with E-state index in [2.05, 4.69) is 15.4 Å². The van der Waals surface area contributed by atoms with Crippen LogP contribution in [0.4, 0.5) is 0 Å². The van der Waals surface area contributed by atoms with Gasteiger partial charge < -0.3 is 5.32 Å². The molecule has 0 aliphatic carbocycles. The summed E-state index contributed by atoms with van der Waals surface area (Å²) >= 11 is 0. The number of nitrogens with zero attached hydrogens (tertiary/aromatic N) is 3. The van der Waals surface area contributed by atoms with Gasteiger partial charge in [0, 0.05) is 5.56 Å². The Morgan fingerprint density at radius 2 is 1.15 bits per heavy atom. The maximum absolute atomic E-state index is 13.4. The number of carbonyl (C=O) groups excluding carboxylic acids is 1. The summed E-state index contributed by atoms with van der Waals surface area (Å²) in [6, 6.07) is 38.9. The van der Waals surface area contributed by atoms with E-state index in [1.165, 1.54) is 0 Å². The van der Waals surface area contributed by atoms with Gasteiger partial charge in [0.25, 0.3) is 5.91 Å². The van der Waals surface area contributed by atoms with Crippen molar-refractivity contribution in [1.82, 2.24) is 20.1 Å². The SMILES string of the molecule is O=C(NC(c1ccccc1)c1ccccc1)c1nc(-c2ccccc2)n(-c2ccccc2)n1. The van der Waals surface area contributed by atoms with Crippen molar-refractivity contribution in [2.24, 2.45) is 0 Å². The zero-order valence-corrected chi connectivity index (χ0v) is 17.9. The topological polar surface area (TPSA) is 59.8 Å². The normalized spacial score (nSPS) is 10.8. The summed E-state index contributed by atoms with van der Waals surface area (Å²) in [5, 5.41) is 7.72. The van der Waals surface area contributed by atoms with Crippen molar-refractivity contribution in [2.75, 3.05) is 0 Å². The molecule has 5 nitrogen and oxygen atoms in total. The molecule has 0 saturated heterocycles. The van der Waals surface area contributed by atoms with E-state index in [0.29, 0.717) is 5.82 Å². The Balaban J connectivity index is 1.53. The lowest BCUT2D eigenvalue weighted by Gasteiger charge is -2.19. The number of benzene rings is 4. The Bertz CT molecular complexity index is 1240. The second kappa shape index (κ2) is 9.32. The van der Waals surface area contributed by atoms with Crippen molar-refractivity contribution in [3.05, 3.63) is 138 Å². The van der Waals surface area contributed by atoms with Gasteiger partial charge in [-0.2, -0.15) is 0 Å². The van der Waals surface area contributed by atoms with Gasteiger partial charge in [-0.1, -0.05) is 109 Å². The van der Waals surface area contributed by atoms with E-state index < -0.39 is 0 Å². The maximum atomic E-state index is 13.4. The molecule has 0 aliphatic rings. The minimum atomic E-state index is -0.334. The Labute approximate surface area is 192 Å². The third-order valence-corrected chi connectivity index (χ3v) is 5.38. The van der Waals surface area contributed by atoms with Crippen molar-refractivity contribution in [3.8, 4) is 17.1 Å². The number of amides is 1. The number of rotatable bonds is 6. The summed E-state index contributed by atoms with van der Waals surface area (Å²) in [7, 11) is 0. The van der Waals surface area contributed by atoms with Gasteiger partial charge in [-0.3, -0.25) is 4.79 Å². The van der Waals surface area contributed by atoms with E-state index in [0.717, 1.165) is 22.4 Å². The lowest BCUT2D eigenvalue weighted by Crippen LogP contribution is -2.30. The highest BCUT2D eigenvalue weighted by molar-refractivity contribution is 5.91. The molecule has 5 rings (SSSR count). The van der Waals surface area contributed by atoms with Gasteiger partial charge in [-0.25, -0.2) is 9.67 Å². The Hall–Kier alpha value is -4.51. The molecule has 0 bridgehead atoms. The second-order valence-electron chi connectivity index (χ2n) is 7.60. The monoisotopic (exact) mass is 430 g/mol. The number of hydrogen-bond acceptors (Lipinski definition) is 3. The van der Waals surface area contributed by atoms with Crippen LogP contribution in [0.15, 0.2) is 121 Å². The molecule has 1 aromatic heterocycles. The molecule has 5 aromatic rings. The minimum absolute atomic E-state index is 0.120. The average molecular weight is 431 g/mol. The predicted octanol–water partition coefficient (Wildman–Crippen LogP) is 5.45. The van der Waals surface area contributed by atoms with Crippen LogP contribution in [-0.4, -0.2) is 20.7 Å². The van der Waals surface area contributed by atoms with Crippen LogP contribution >= 0.6 is 0 Å². The first-order valence-electron chi connectivity index (χ1n) is 10.8. The second-order valence-corrected chi connectivity index (χ2v) is 7.60. The first kappa shape index (κ1) is 20.4. The number of hydrogen-bond donors (Lipinski definition) is 1. The molecule has 1 amide bonds. The number of aromatic nitrogens is 3. The van der Waals surface area contributed by atoms with Crippen LogP contribution in [0.3, 0.4) is 0 Å². The van der Waals surface area contributed by atoms with E-state index in [1.54, 1.807) is 4.68 Å². The fourth-order valence-corrected chi connectivity index (χ4v) is 3.78. The molecule has 0 aliphatic heterocycles. The Kier molecular flexibility index (Phi) is 5.76. The Morgan fingerprint density at radius 3 is 1.70 bits per heavy atom. The van der Waals surface area contributed by atoms with E-state index >= 15 is 0 Å². The van der Waals surface area contributed by atoms with E-state index in [1.807, 2.05) is 121 Å². The number of nitrogens with one attached hydrogen (secondary N) is 1. The molecule has 0 spiro atoms. The lowest BCUT2D eigenvalue weighted by molar-refractivity contribution is 0.0932. The quantitative estimate of drug-likeness (QED) is 0.389. The highest BCUT2D eigenvalue weighted by Crippen LogP contribution is 2.24. The summed E-state index contributed by atoms with van der Waals surface area (Å²) in [4.78, 5) is 18.0. The molecule has 1 N–H and O–H groups in total. The molecular weight excluding hydrogens is 408 g/mol. The van der Waals surface area contributed by atoms with Crippen LogP contribution < -0.4 is 5.32 Å². The zero-order chi connectivity index (χ0) is 22.5. The van der Waals surface area contributed by atoms with Gasteiger partial charge >= 0.3 is 0 Å². The summed E-state index contributed by atoms with van der Waals surface area (Å²) in [5.41, 5.74) is 3.70. The molecule has 5 heteroatoms. The highest BCUT2D eigenvalue weighted by Gasteiger charge is 2.23. The maximum Gasteiger partial charge on any atom is 0.291 e. The van der Waals surface area contributed by atoms with Crippen LogP contribution in [0.1, 0.15) is 27.8 Å². The predicted molar refractivity (Wildman–Crippen MR) is 129 cm³/mol. The molecule has 4 aromatic carbocycles. The zero-order valence-electron chi connectivity index (χ0n) is 17.9. The van der Waals surface area contributed by atoms with Gasteiger partial charge in [-0.05, 0) is 23.3 Å². The molecule has 0 saturated carbocycles. The molecule has 0 unspecified atom stereocenters. The average Bonchev–Trinajstić information content (AvgIpc) is 3.35. The van der Waals surface area contributed by atoms with Crippen LogP contribution in [-0.2, 0) is 0 Å². The third-order valence-electron chi connectivity index (χ3n) is 5.38. The standard InChI is InChI=1S/C28H22N4O/c33-28(29-25(21-13-5-1-6-14-21)22-15-7-2-8-16-22)26-30-27(23-17-9-3-10-18-23)32(31-26)24-19-11-4-12-20-24/h1-20,25H,(H,29,33). The largest absolute Gasteiger partial charge is 0.338 e. The van der Waals surface area contributed by atoms with E-state index in [4.69, 9.17) is 0 Å². The van der Waals surface area contributed by atoms with Crippen LogP contribution in [0.2, 0.25) is 0 Å². The summed E-state index contributed by atoms with van der Waals surface area (Å²) in [6.45, 7) is 0. The van der Waals surface area contributed by atoms with Gasteiger partial charge in [0.15, 0.2) is 5.82 Å². The first-order chi connectivity index (χ1) is 16.3. The lowest BCUT2D eigenvalue weighted by atomic mass is 9.99. The van der Waals surface area contributed by atoms with Crippen LogP contribution in [0.5, 0.6) is 0 Å². The summed E-state index contributed by atoms with van der Waals surface area (Å²) in [5.74, 6) is 0.400. The molecule has 0 fully saturated rings. The van der Waals surface area contributed by atoms with E-state index in [-0.39, 0.29) is 17.8 Å². The fourth-order valence-electron chi connectivity index (χ4n) is 3.78. The van der Waals surface area contributed by atoms with Crippen LogP contribution in [0, 0.1) is 0 Å². The van der Waals surface area contributed by atoms with Crippen LogP contribution in [0.25, 0.3) is 17.1 Å². The summed E-state index contributed by atoms with van der Waals surface area (Å²) in [6.07, 6.45) is 0. The van der Waals surface area contributed by atoms with Crippen molar-refractivity contribution in [2.45, 2.75) is 6.04 Å². The minimum Gasteiger partial charge on any atom is -0.338 e.